The summed E-state index contributed by atoms with van der Waals surface area (Å²) in [6.07, 6.45) is 0.620. The van der Waals surface area contributed by atoms with Crippen molar-refractivity contribution in [3.05, 3.63) is 24.3 Å². The van der Waals surface area contributed by atoms with E-state index in [0.29, 0.717) is 6.61 Å². The van der Waals surface area contributed by atoms with Crippen LogP contribution in [0.4, 0.5) is 13.2 Å². The van der Waals surface area contributed by atoms with Crippen molar-refractivity contribution in [2.45, 2.75) is 45.4 Å². The minimum Gasteiger partial charge on any atom is -0.490 e. The number of unbranched alkanes of at least 4 members (excludes halogenated alkanes) is 4. The van der Waals surface area contributed by atoms with Crippen LogP contribution in [0.25, 0.3) is 0 Å². The molecule has 0 aliphatic heterocycles. The Morgan fingerprint density at radius 1 is 0.947 bits per heavy atom. The molecule has 19 heavy (non-hydrogen) atoms. The number of benzene rings is 1. The van der Waals surface area contributed by atoms with E-state index < -0.39 is 6.36 Å². The summed E-state index contributed by atoms with van der Waals surface area (Å²) in [5, 5.41) is 0. The van der Waals surface area contributed by atoms with Crippen LogP contribution < -0.4 is 9.47 Å². The molecule has 2 nitrogen and oxygen atoms in total. The van der Waals surface area contributed by atoms with Gasteiger partial charge in [0, 0.05) is 0 Å². The molecule has 0 N–H and O–H groups in total. The average Bonchev–Trinajstić information content (AvgIpc) is 2.33. The normalized spacial score (nSPS) is 11.4. The van der Waals surface area contributed by atoms with Crippen molar-refractivity contribution in [3.63, 3.8) is 0 Å². The lowest BCUT2D eigenvalue weighted by atomic mass is 10.2. The molecule has 0 spiro atoms. The largest absolute Gasteiger partial charge is 0.573 e. The summed E-state index contributed by atoms with van der Waals surface area (Å²) in [4.78, 5) is 0. The van der Waals surface area contributed by atoms with E-state index in [-0.39, 0.29) is 11.5 Å². The van der Waals surface area contributed by atoms with Crippen molar-refractivity contribution in [2.75, 3.05) is 6.61 Å². The summed E-state index contributed by atoms with van der Waals surface area (Å²) in [7, 11) is 0. The van der Waals surface area contributed by atoms with E-state index >= 15 is 0 Å². The summed E-state index contributed by atoms with van der Waals surface area (Å²) in [6.45, 7) is 2.53. The number of para-hydroxylation sites is 2. The second-order valence-electron chi connectivity index (χ2n) is 4.26. The van der Waals surface area contributed by atoms with E-state index in [9.17, 15) is 13.2 Å². The van der Waals surface area contributed by atoms with Gasteiger partial charge in [0.05, 0.1) is 6.61 Å². The number of alkyl halides is 3. The first-order valence-electron chi connectivity index (χ1n) is 6.50. The van der Waals surface area contributed by atoms with Gasteiger partial charge >= 0.3 is 6.36 Å². The fourth-order valence-corrected chi connectivity index (χ4v) is 1.67. The molecule has 0 amide bonds. The van der Waals surface area contributed by atoms with Crippen molar-refractivity contribution in [1.82, 2.24) is 0 Å². The molecule has 0 saturated carbocycles. The number of halogens is 3. The van der Waals surface area contributed by atoms with E-state index in [1.54, 1.807) is 6.07 Å². The van der Waals surface area contributed by atoms with E-state index in [4.69, 9.17) is 4.74 Å². The molecule has 1 aromatic rings. The fraction of sp³-hybridized carbons (Fsp3) is 0.571. The second kappa shape index (κ2) is 7.92. The lowest BCUT2D eigenvalue weighted by Gasteiger charge is -2.13. The maximum Gasteiger partial charge on any atom is 0.573 e. The first kappa shape index (κ1) is 15.7. The topological polar surface area (TPSA) is 18.5 Å². The van der Waals surface area contributed by atoms with Crippen molar-refractivity contribution in [1.29, 1.82) is 0 Å². The third-order valence-corrected chi connectivity index (χ3v) is 2.58. The summed E-state index contributed by atoms with van der Waals surface area (Å²) >= 11 is 0. The number of ether oxygens (including phenoxy) is 2. The molecule has 0 bridgehead atoms. The Bertz CT molecular complexity index is 364. The Balaban J connectivity index is 2.40. The van der Waals surface area contributed by atoms with Crippen LogP contribution in [0.5, 0.6) is 11.5 Å². The van der Waals surface area contributed by atoms with E-state index in [1.165, 1.54) is 24.6 Å². The molecular formula is C14H19F3O2. The number of rotatable bonds is 8. The van der Waals surface area contributed by atoms with Gasteiger partial charge in [0.25, 0.3) is 0 Å². The van der Waals surface area contributed by atoms with E-state index in [1.807, 2.05) is 0 Å². The standard InChI is InChI=1S/C14H19F3O2/c1-2-3-4-5-8-11-18-12-9-6-7-10-13(12)19-14(15,16)17/h6-7,9-10H,2-5,8,11H2,1H3. The van der Waals surface area contributed by atoms with Gasteiger partial charge in [0.2, 0.25) is 0 Å². The van der Waals surface area contributed by atoms with Crippen LogP contribution >= 0.6 is 0 Å². The quantitative estimate of drug-likeness (QED) is 0.626. The van der Waals surface area contributed by atoms with Gasteiger partial charge in [0.15, 0.2) is 11.5 Å². The van der Waals surface area contributed by atoms with Gasteiger partial charge in [-0.2, -0.15) is 0 Å². The van der Waals surface area contributed by atoms with Crippen LogP contribution in [-0.2, 0) is 0 Å². The molecule has 108 valence electrons. The molecule has 0 unspecified atom stereocenters. The summed E-state index contributed by atoms with van der Waals surface area (Å²) in [5.41, 5.74) is 0. The third-order valence-electron chi connectivity index (χ3n) is 2.58. The molecule has 0 saturated heterocycles. The first-order valence-corrected chi connectivity index (χ1v) is 6.50. The molecule has 1 rings (SSSR count). The molecule has 1 aromatic carbocycles. The smallest absolute Gasteiger partial charge is 0.490 e. The van der Waals surface area contributed by atoms with Crippen molar-refractivity contribution in [3.8, 4) is 11.5 Å². The van der Waals surface area contributed by atoms with Gasteiger partial charge in [-0.1, -0.05) is 44.7 Å². The Labute approximate surface area is 111 Å². The highest BCUT2D eigenvalue weighted by atomic mass is 19.4. The molecular weight excluding hydrogens is 257 g/mol. The molecule has 5 heteroatoms. The highest BCUT2D eigenvalue weighted by molar-refractivity contribution is 5.39. The lowest BCUT2D eigenvalue weighted by molar-refractivity contribution is -0.275. The molecule has 0 heterocycles. The summed E-state index contributed by atoms with van der Waals surface area (Å²) < 4.78 is 45.8. The minimum absolute atomic E-state index is 0.135. The maximum absolute atomic E-state index is 12.2. The average molecular weight is 276 g/mol. The van der Waals surface area contributed by atoms with E-state index in [0.717, 1.165) is 25.7 Å². The minimum atomic E-state index is -4.69. The third kappa shape index (κ3) is 6.94. The highest BCUT2D eigenvalue weighted by Gasteiger charge is 2.32. The Morgan fingerprint density at radius 3 is 2.21 bits per heavy atom. The summed E-state index contributed by atoms with van der Waals surface area (Å²) in [6, 6.07) is 5.83. The molecule has 0 fully saturated rings. The zero-order valence-electron chi connectivity index (χ0n) is 11.0. The predicted molar refractivity (Wildman–Crippen MR) is 67.4 cm³/mol. The van der Waals surface area contributed by atoms with Crippen molar-refractivity contribution >= 4 is 0 Å². The number of hydrogen-bond acceptors (Lipinski definition) is 2. The first-order chi connectivity index (χ1) is 9.03. The van der Waals surface area contributed by atoms with Crippen LogP contribution in [0.1, 0.15) is 39.0 Å². The Morgan fingerprint density at radius 2 is 1.58 bits per heavy atom. The van der Waals surface area contributed by atoms with Crippen molar-refractivity contribution < 1.29 is 22.6 Å². The zero-order valence-corrected chi connectivity index (χ0v) is 11.0. The summed E-state index contributed by atoms with van der Waals surface area (Å²) in [5.74, 6) is -0.154. The van der Waals surface area contributed by atoms with Gasteiger partial charge < -0.3 is 9.47 Å². The van der Waals surface area contributed by atoms with Gasteiger partial charge in [-0.15, -0.1) is 13.2 Å². The van der Waals surface area contributed by atoms with E-state index in [2.05, 4.69) is 11.7 Å². The van der Waals surface area contributed by atoms with Crippen LogP contribution in [-0.4, -0.2) is 13.0 Å². The van der Waals surface area contributed by atoms with Crippen LogP contribution in [0.2, 0.25) is 0 Å². The van der Waals surface area contributed by atoms with Crippen LogP contribution in [0.3, 0.4) is 0 Å². The van der Waals surface area contributed by atoms with Crippen LogP contribution in [0, 0.1) is 0 Å². The van der Waals surface area contributed by atoms with Gasteiger partial charge in [-0.3, -0.25) is 0 Å². The molecule has 0 atom stereocenters. The number of hydrogen-bond donors (Lipinski definition) is 0. The fourth-order valence-electron chi connectivity index (χ4n) is 1.67. The second-order valence-corrected chi connectivity index (χ2v) is 4.26. The Kier molecular flexibility index (Phi) is 6.53. The van der Waals surface area contributed by atoms with Gasteiger partial charge in [-0.05, 0) is 18.6 Å². The molecule has 0 aliphatic carbocycles. The zero-order chi connectivity index (χ0) is 14.1. The van der Waals surface area contributed by atoms with Gasteiger partial charge in [0.1, 0.15) is 0 Å². The van der Waals surface area contributed by atoms with Crippen LogP contribution in [0.15, 0.2) is 24.3 Å². The maximum atomic E-state index is 12.2. The Hall–Kier alpha value is -1.39. The highest BCUT2D eigenvalue weighted by Crippen LogP contribution is 2.31. The van der Waals surface area contributed by atoms with Crippen molar-refractivity contribution in [2.24, 2.45) is 0 Å². The van der Waals surface area contributed by atoms with Gasteiger partial charge in [-0.25, -0.2) is 0 Å². The molecule has 0 radical (unpaired) electrons. The molecule has 0 aromatic heterocycles. The predicted octanol–water partition coefficient (Wildman–Crippen LogP) is 4.93. The molecule has 0 aliphatic rings. The SMILES string of the molecule is CCCCCCCOc1ccccc1OC(F)(F)F. The lowest BCUT2D eigenvalue weighted by Crippen LogP contribution is -2.17. The monoisotopic (exact) mass is 276 g/mol.